The third kappa shape index (κ3) is 3.37. The molecule has 2 aliphatic rings. The summed E-state index contributed by atoms with van der Waals surface area (Å²) in [7, 11) is 0. The van der Waals surface area contributed by atoms with Crippen molar-refractivity contribution < 1.29 is 9.90 Å². The summed E-state index contributed by atoms with van der Waals surface area (Å²) in [6, 6.07) is 8.17. The van der Waals surface area contributed by atoms with Crippen LogP contribution in [0.3, 0.4) is 0 Å². The smallest absolute Gasteiger partial charge is 0.306 e. The van der Waals surface area contributed by atoms with E-state index in [9.17, 15) is 4.79 Å². The van der Waals surface area contributed by atoms with Gasteiger partial charge in [0.05, 0.1) is 12.1 Å². The molecule has 0 aliphatic carbocycles. The van der Waals surface area contributed by atoms with Crippen LogP contribution in [0.25, 0.3) is 0 Å². The summed E-state index contributed by atoms with van der Waals surface area (Å²) in [5, 5.41) is 9.79. The Morgan fingerprint density at radius 2 is 1.86 bits per heavy atom. The molecule has 0 amide bonds. The Morgan fingerprint density at radius 1 is 1.19 bits per heavy atom. The van der Waals surface area contributed by atoms with Crippen molar-refractivity contribution in [3.05, 3.63) is 34.9 Å². The molecule has 2 aliphatic heterocycles. The maximum absolute atomic E-state index is 11.0. The predicted molar refractivity (Wildman–Crippen MR) is 80.8 cm³/mol. The summed E-state index contributed by atoms with van der Waals surface area (Å²) in [5.74, 6) is -0.839. The monoisotopic (exact) mass is 309 g/mol. The van der Waals surface area contributed by atoms with E-state index >= 15 is 0 Å². The molecule has 2 saturated heterocycles. The van der Waals surface area contributed by atoms with Crippen LogP contribution in [0.15, 0.2) is 24.3 Å². The fraction of sp³-hybridized carbons (Fsp3) is 0.533. The van der Waals surface area contributed by atoms with Crippen molar-refractivity contribution >= 4 is 17.6 Å². The Bertz CT molecular complexity index is 500. The van der Waals surface area contributed by atoms with E-state index in [1.54, 1.807) is 0 Å². The van der Waals surface area contributed by atoms with Crippen LogP contribution in [0.2, 0.25) is 5.02 Å². The standard InChI is InChI=1S/C15H20ClN3O2/c16-12-3-1-10(2-4-12)13-9-14(18-17-13)19-7-5-11(6-8-19)15(20)21/h1-4,11,13-14,17-18H,5-9H2,(H,20,21). The van der Waals surface area contributed by atoms with Crippen molar-refractivity contribution in [1.29, 1.82) is 0 Å². The molecule has 3 rings (SSSR count). The molecule has 6 heteroatoms. The summed E-state index contributed by atoms with van der Waals surface area (Å²) in [6.07, 6.45) is 2.71. The van der Waals surface area contributed by atoms with Gasteiger partial charge < -0.3 is 5.11 Å². The number of benzene rings is 1. The normalized spacial score (nSPS) is 27.9. The van der Waals surface area contributed by atoms with Crippen molar-refractivity contribution in [2.24, 2.45) is 5.92 Å². The van der Waals surface area contributed by atoms with E-state index in [0.29, 0.717) is 0 Å². The highest BCUT2D eigenvalue weighted by molar-refractivity contribution is 6.30. The van der Waals surface area contributed by atoms with Gasteiger partial charge in [0, 0.05) is 24.2 Å². The molecule has 5 nitrogen and oxygen atoms in total. The Hall–Kier alpha value is -1.14. The predicted octanol–water partition coefficient (Wildman–Crippen LogP) is 2.00. The van der Waals surface area contributed by atoms with E-state index in [1.807, 2.05) is 24.3 Å². The topological polar surface area (TPSA) is 64.6 Å². The maximum atomic E-state index is 11.0. The van der Waals surface area contributed by atoms with E-state index in [2.05, 4.69) is 15.8 Å². The van der Waals surface area contributed by atoms with Gasteiger partial charge >= 0.3 is 5.97 Å². The molecule has 2 unspecified atom stereocenters. The average Bonchev–Trinajstić information content (AvgIpc) is 2.98. The van der Waals surface area contributed by atoms with Crippen LogP contribution in [0.4, 0.5) is 0 Å². The number of piperidine rings is 1. The minimum Gasteiger partial charge on any atom is -0.481 e. The number of nitrogens with one attached hydrogen (secondary N) is 2. The van der Waals surface area contributed by atoms with E-state index in [4.69, 9.17) is 16.7 Å². The Morgan fingerprint density at radius 3 is 2.48 bits per heavy atom. The number of carboxylic acids is 1. The molecule has 2 atom stereocenters. The maximum Gasteiger partial charge on any atom is 0.306 e. The lowest BCUT2D eigenvalue weighted by atomic mass is 9.96. The van der Waals surface area contributed by atoms with Gasteiger partial charge in [0.2, 0.25) is 0 Å². The van der Waals surface area contributed by atoms with Crippen LogP contribution in [0.1, 0.15) is 30.9 Å². The Kier molecular flexibility index (Phi) is 4.45. The molecule has 3 N–H and O–H groups in total. The molecular weight excluding hydrogens is 290 g/mol. The van der Waals surface area contributed by atoms with Crippen molar-refractivity contribution in [3.63, 3.8) is 0 Å². The SMILES string of the molecule is O=C(O)C1CCN(C2CC(c3ccc(Cl)cc3)NN2)CC1. The van der Waals surface area contributed by atoms with Gasteiger partial charge in [-0.2, -0.15) is 0 Å². The summed E-state index contributed by atoms with van der Waals surface area (Å²) < 4.78 is 0. The Balaban J connectivity index is 1.55. The number of carbonyl (C=O) groups is 1. The minimum atomic E-state index is -0.661. The lowest BCUT2D eigenvalue weighted by molar-refractivity contribution is -0.143. The number of carboxylic acid groups (broad SMARTS) is 1. The lowest BCUT2D eigenvalue weighted by Gasteiger charge is -2.34. The first-order chi connectivity index (χ1) is 10.1. The first kappa shape index (κ1) is 14.8. The van der Waals surface area contributed by atoms with Crippen LogP contribution in [0.5, 0.6) is 0 Å². The molecule has 2 fully saturated rings. The van der Waals surface area contributed by atoms with Crippen LogP contribution in [-0.4, -0.2) is 35.2 Å². The van der Waals surface area contributed by atoms with Gasteiger partial charge in [-0.25, -0.2) is 10.9 Å². The highest BCUT2D eigenvalue weighted by Gasteiger charge is 2.33. The largest absolute Gasteiger partial charge is 0.481 e. The quantitative estimate of drug-likeness (QED) is 0.797. The zero-order valence-electron chi connectivity index (χ0n) is 11.8. The van der Waals surface area contributed by atoms with E-state index < -0.39 is 5.97 Å². The number of nitrogens with zero attached hydrogens (tertiary/aromatic N) is 1. The number of aliphatic carboxylic acids is 1. The molecular formula is C15H20ClN3O2. The van der Waals surface area contributed by atoms with Crippen LogP contribution in [-0.2, 0) is 4.79 Å². The first-order valence-electron chi connectivity index (χ1n) is 7.37. The fourth-order valence-corrected chi connectivity index (χ4v) is 3.28. The third-order valence-electron chi connectivity index (χ3n) is 4.48. The first-order valence-corrected chi connectivity index (χ1v) is 7.74. The molecule has 0 bridgehead atoms. The second-order valence-corrected chi connectivity index (χ2v) is 6.23. The third-order valence-corrected chi connectivity index (χ3v) is 4.73. The van der Waals surface area contributed by atoms with Gasteiger partial charge in [-0.15, -0.1) is 0 Å². The minimum absolute atomic E-state index is 0.178. The number of hydrazine groups is 1. The number of rotatable bonds is 3. The zero-order valence-corrected chi connectivity index (χ0v) is 12.5. The van der Waals surface area contributed by atoms with Gasteiger partial charge in [0.15, 0.2) is 0 Å². The van der Waals surface area contributed by atoms with Gasteiger partial charge in [0.25, 0.3) is 0 Å². The van der Waals surface area contributed by atoms with E-state index in [1.165, 1.54) is 5.56 Å². The highest BCUT2D eigenvalue weighted by Crippen LogP contribution is 2.27. The van der Waals surface area contributed by atoms with E-state index in [-0.39, 0.29) is 18.1 Å². The molecule has 21 heavy (non-hydrogen) atoms. The summed E-state index contributed by atoms with van der Waals surface area (Å²) in [4.78, 5) is 13.3. The van der Waals surface area contributed by atoms with E-state index in [0.717, 1.165) is 37.4 Å². The average molecular weight is 310 g/mol. The molecule has 114 valence electrons. The molecule has 0 aromatic heterocycles. The second-order valence-electron chi connectivity index (χ2n) is 5.79. The number of hydrogen-bond donors (Lipinski definition) is 3. The molecule has 1 aromatic rings. The molecule has 1 aromatic carbocycles. The molecule has 0 spiro atoms. The molecule has 2 heterocycles. The second kappa shape index (κ2) is 6.32. The van der Waals surface area contributed by atoms with Crippen molar-refractivity contribution in [2.75, 3.05) is 13.1 Å². The van der Waals surface area contributed by atoms with Gasteiger partial charge in [0.1, 0.15) is 0 Å². The summed E-state index contributed by atoms with van der Waals surface area (Å²) >= 11 is 5.92. The van der Waals surface area contributed by atoms with Crippen LogP contribution in [0, 0.1) is 5.92 Å². The fourth-order valence-electron chi connectivity index (χ4n) is 3.15. The molecule has 0 radical (unpaired) electrons. The lowest BCUT2D eigenvalue weighted by Crippen LogP contribution is -2.48. The van der Waals surface area contributed by atoms with Crippen LogP contribution >= 0.6 is 11.6 Å². The summed E-state index contributed by atoms with van der Waals surface area (Å²) in [6.45, 7) is 1.67. The number of halogens is 1. The Labute approximate surface area is 129 Å². The van der Waals surface area contributed by atoms with Crippen molar-refractivity contribution in [2.45, 2.75) is 31.5 Å². The number of likely N-dealkylation sites (tertiary alicyclic amines) is 1. The van der Waals surface area contributed by atoms with Gasteiger partial charge in [-0.3, -0.25) is 9.69 Å². The number of hydrogen-bond acceptors (Lipinski definition) is 4. The van der Waals surface area contributed by atoms with Crippen molar-refractivity contribution in [3.8, 4) is 0 Å². The van der Waals surface area contributed by atoms with Gasteiger partial charge in [-0.05, 0) is 37.0 Å². The zero-order chi connectivity index (χ0) is 14.8. The summed E-state index contributed by atoms with van der Waals surface area (Å²) in [5.41, 5.74) is 7.87. The van der Waals surface area contributed by atoms with Crippen molar-refractivity contribution in [1.82, 2.24) is 15.8 Å². The van der Waals surface area contributed by atoms with Gasteiger partial charge in [-0.1, -0.05) is 23.7 Å². The van der Waals surface area contributed by atoms with Crippen LogP contribution < -0.4 is 10.9 Å². The highest BCUT2D eigenvalue weighted by atomic mass is 35.5. The molecule has 0 saturated carbocycles.